The van der Waals surface area contributed by atoms with Crippen LogP contribution < -0.4 is 4.74 Å². The van der Waals surface area contributed by atoms with Crippen molar-refractivity contribution in [1.29, 1.82) is 5.26 Å². The number of ether oxygens (including phenoxy) is 2. The number of carboxylic acids is 1. The van der Waals surface area contributed by atoms with Crippen molar-refractivity contribution in [2.45, 2.75) is 71.4 Å². The van der Waals surface area contributed by atoms with E-state index in [0.29, 0.717) is 71.0 Å². The summed E-state index contributed by atoms with van der Waals surface area (Å²) in [6.45, 7) is 3.80. The first-order valence-corrected chi connectivity index (χ1v) is 19.8. The molecule has 0 amide bonds. The van der Waals surface area contributed by atoms with Crippen LogP contribution in [0.2, 0.25) is 0 Å². The summed E-state index contributed by atoms with van der Waals surface area (Å²) in [4.78, 5) is 25.6. The number of alkyl halides is 3. The summed E-state index contributed by atoms with van der Waals surface area (Å²) in [6.07, 6.45) is 3.24. The minimum atomic E-state index is -3.08. The molecule has 1 aliphatic carbocycles. The monoisotopic (exact) mass is 805 g/mol. The van der Waals surface area contributed by atoms with E-state index in [0.717, 1.165) is 59.3 Å². The van der Waals surface area contributed by atoms with E-state index in [9.17, 15) is 28.3 Å². The molecule has 3 aliphatic rings. The highest BCUT2D eigenvalue weighted by molar-refractivity contribution is 5.86. The Morgan fingerprint density at radius 3 is 2.31 bits per heavy atom. The molecule has 2 saturated heterocycles. The number of fused-ring (bicyclic) bond motifs is 2. The van der Waals surface area contributed by atoms with Gasteiger partial charge in [-0.05, 0) is 104 Å². The summed E-state index contributed by atoms with van der Waals surface area (Å²) in [5.74, 6) is -0.338. The number of hydrogen-bond donors (Lipinski definition) is 1. The molecule has 1 atom stereocenters. The van der Waals surface area contributed by atoms with Crippen molar-refractivity contribution in [1.82, 2.24) is 19.8 Å². The number of carboxylic acid groups (broad SMARTS) is 1. The van der Waals surface area contributed by atoms with Crippen LogP contribution in [0.3, 0.4) is 0 Å². The maximum absolute atomic E-state index is 13.5. The second-order valence-corrected chi connectivity index (χ2v) is 16.1. The minimum absolute atomic E-state index is 0.0865. The molecule has 0 radical (unpaired) electrons. The molecule has 304 valence electrons. The van der Waals surface area contributed by atoms with Gasteiger partial charge in [-0.1, -0.05) is 24.3 Å². The van der Waals surface area contributed by atoms with Crippen LogP contribution in [0.5, 0.6) is 5.75 Å². The van der Waals surface area contributed by atoms with E-state index in [1.165, 1.54) is 6.07 Å². The van der Waals surface area contributed by atoms with Crippen LogP contribution in [0.15, 0.2) is 69.5 Å². The zero-order valence-electron chi connectivity index (χ0n) is 32.6. The summed E-state index contributed by atoms with van der Waals surface area (Å²) >= 11 is 0. The van der Waals surface area contributed by atoms with Gasteiger partial charge in [-0.3, -0.25) is 14.6 Å². The summed E-state index contributed by atoms with van der Waals surface area (Å²) < 4.78 is 62.5. The Balaban J connectivity index is 0.981. The Morgan fingerprint density at radius 2 is 1.64 bits per heavy atom. The molecular weight excluding hydrogens is 764 g/mol. The van der Waals surface area contributed by atoms with E-state index in [4.69, 9.17) is 28.3 Å². The number of oxazole rings is 2. The lowest BCUT2D eigenvalue weighted by atomic mass is 9.61. The Kier molecular flexibility index (Phi) is 10.1. The Labute approximate surface area is 338 Å². The van der Waals surface area contributed by atoms with Crippen LogP contribution >= 0.6 is 0 Å². The molecule has 6 aromatic rings. The van der Waals surface area contributed by atoms with Crippen LogP contribution in [0.4, 0.5) is 13.2 Å². The topological polar surface area (TPSA) is 138 Å². The Morgan fingerprint density at radius 1 is 0.966 bits per heavy atom. The van der Waals surface area contributed by atoms with Gasteiger partial charge < -0.3 is 23.4 Å². The van der Waals surface area contributed by atoms with Gasteiger partial charge in [0.2, 0.25) is 11.8 Å². The van der Waals surface area contributed by atoms with Crippen LogP contribution in [-0.2, 0) is 22.6 Å². The number of carbonyl (C=O) groups is 1. The largest absolute Gasteiger partial charge is 0.480 e. The molecule has 0 unspecified atom stereocenters. The summed E-state index contributed by atoms with van der Waals surface area (Å²) in [5.41, 5.74) is 8.90. The smallest absolute Gasteiger partial charge is 0.387 e. The third-order valence-corrected chi connectivity index (χ3v) is 12.2. The molecule has 1 N–H and O–H groups in total. The number of benzene rings is 4. The third kappa shape index (κ3) is 7.32. The molecule has 9 rings (SSSR count). The van der Waals surface area contributed by atoms with E-state index < -0.39 is 25.3 Å². The molecule has 1 spiro atoms. The fourth-order valence-electron chi connectivity index (χ4n) is 9.42. The van der Waals surface area contributed by atoms with Gasteiger partial charge in [-0.2, -0.15) is 14.0 Å². The van der Waals surface area contributed by atoms with Gasteiger partial charge in [0.1, 0.15) is 35.6 Å². The van der Waals surface area contributed by atoms with E-state index in [1.807, 2.05) is 62.4 Å². The number of aromatic nitrogens is 2. The molecule has 4 aromatic carbocycles. The van der Waals surface area contributed by atoms with Crippen LogP contribution in [0.25, 0.3) is 56.2 Å². The Hall–Kier alpha value is -5.75. The van der Waals surface area contributed by atoms with Gasteiger partial charge in [0, 0.05) is 54.4 Å². The summed E-state index contributed by atoms with van der Waals surface area (Å²) in [6, 6.07) is 20.1. The van der Waals surface area contributed by atoms with Gasteiger partial charge in [0.15, 0.2) is 11.2 Å². The molecule has 2 aromatic heterocycles. The molecule has 14 heteroatoms. The summed E-state index contributed by atoms with van der Waals surface area (Å²) in [7, 11) is 0. The number of likely N-dealkylation sites (tertiary alicyclic amines) is 2. The maximum atomic E-state index is 13.5. The summed E-state index contributed by atoms with van der Waals surface area (Å²) in [5, 5.41) is 19.8. The molecule has 3 fully saturated rings. The third-order valence-electron chi connectivity index (χ3n) is 12.2. The van der Waals surface area contributed by atoms with Crippen molar-refractivity contribution in [3.63, 3.8) is 0 Å². The van der Waals surface area contributed by atoms with Gasteiger partial charge in [-0.15, -0.1) is 0 Å². The van der Waals surface area contributed by atoms with E-state index >= 15 is 0 Å². The van der Waals surface area contributed by atoms with Crippen molar-refractivity contribution < 1.29 is 41.4 Å². The number of hydrogen-bond acceptors (Lipinski definition) is 10. The van der Waals surface area contributed by atoms with Crippen molar-refractivity contribution >= 4 is 28.2 Å². The highest BCUT2D eigenvalue weighted by Gasteiger charge is 2.52. The van der Waals surface area contributed by atoms with Crippen LogP contribution in [-0.4, -0.2) is 82.5 Å². The van der Waals surface area contributed by atoms with Gasteiger partial charge in [-0.25, -0.2) is 14.4 Å². The molecule has 59 heavy (non-hydrogen) atoms. The van der Waals surface area contributed by atoms with Gasteiger partial charge >= 0.3 is 12.6 Å². The first-order valence-electron chi connectivity index (χ1n) is 19.8. The van der Waals surface area contributed by atoms with Gasteiger partial charge in [0.25, 0.3) is 0 Å². The average molecular weight is 806 g/mol. The van der Waals surface area contributed by atoms with Crippen molar-refractivity contribution in [3.05, 3.63) is 88.5 Å². The first kappa shape index (κ1) is 38.8. The fourth-order valence-corrected chi connectivity index (χ4v) is 9.42. The number of nitriles is 1. The Bertz CT molecular complexity index is 2620. The first-order chi connectivity index (χ1) is 28.5. The molecule has 2 aliphatic heterocycles. The lowest BCUT2D eigenvalue weighted by Crippen LogP contribution is -2.63. The molecular formula is C45H42F3N5O6. The SMILES string of the molecule is Cc1c(-c2nc3cc(CN4CCC[C@H]4C(=O)O)c(OC(F)F)cc3o2)cccc1-c1cccc(-c2nc3cc(CN4CC5(CC(OCCF)C5)C4)cc(C#N)c3o2)c1C. The second kappa shape index (κ2) is 15.4. The van der Waals surface area contributed by atoms with E-state index in [2.05, 4.69) is 11.0 Å². The van der Waals surface area contributed by atoms with Crippen molar-refractivity contribution in [3.8, 4) is 45.9 Å². The zero-order valence-corrected chi connectivity index (χ0v) is 32.6. The number of nitrogens with zero attached hydrogens (tertiary/aromatic N) is 5. The number of rotatable bonds is 13. The predicted molar refractivity (Wildman–Crippen MR) is 212 cm³/mol. The second-order valence-electron chi connectivity index (χ2n) is 16.1. The highest BCUT2D eigenvalue weighted by Crippen LogP contribution is 2.50. The standard InChI is InChI=1S/C45H42F3N5O6/c1-25-31(6-3-8-33(25)41-50-35-16-29(22-53-12-5-10-37(53)43(54)55)38(58-44(47)48)17-39(35)57-41)32-7-4-9-34(26(32)2)42-51-36-15-27(14-28(20-49)40(36)59-42)21-52-23-45(24-52)18-30(19-45)56-13-11-46/h3-4,6-9,14-17,30,37,44H,5,10-13,18-19,21-24H2,1-2H3,(H,54,55)/t37-/m0/s1. The molecule has 1 saturated carbocycles. The lowest BCUT2D eigenvalue weighted by Gasteiger charge is -2.59. The van der Waals surface area contributed by atoms with E-state index in [-0.39, 0.29) is 36.0 Å². The highest BCUT2D eigenvalue weighted by atomic mass is 19.3. The maximum Gasteiger partial charge on any atom is 0.387 e. The molecule has 0 bridgehead atoms. The fraction of sp³-hybridized carbons (Fsp3) is 0.378. The zero-order chi connectivity index (χ0) is 41.0. The average Bonchev–Trinajstić information content (AvgIpc) is 3.93. The number of halogens is 3. The quantitative estimate of drug-likeness (QED) is 0.120. The molecule has 11 nitrogen and oxygen atoms in total. The van der Waals surface area contributed by atoms with Crippen molar-refractivity contribution in [2.24, 2.45) is 5.41 Å². The minimum Gasteiger partial charge on any atom is -0.480 e. The predicted octanol–water partition coefficient (Wildman–Crippen LogP) is 9.06. The van der Waals surface area contributed by atoms with Crippen molar-refractivity contribution in [2.75, 3.05) is 32.9 Å². The van der Waals surface area contributed by atoms with Gasteiger partial charge in [0.05, 0.1) is 18.3 Å². The lowest BCUT2D eigenvalue weighted by molar-refractivity contribution is -0.154. The van der Waals surface area contributed by atoms with Crippen LogP contribution in [0, 0.1) is 30.6 Å². The van der Waals surface area contributed by atoms with Crippen LogP contribution in [0.1, 0.15) is 53.5 Å². The normalized spacial score (nSPS) is 18.2. The molecule has 4 heterocycles. The van der Waals surface area contributed by atoms with E-state index in [1.54, 1.807) is 11.0 Å². The number of aliphatic carboxylic acids is 1.